The summed E-state index contributed by atoms with van der Waals surface area (Å²) in [5.41, 5.74) is 1.88. The van der Waals surface area contributed by atoms with E-state index in [9.17, 15) is 9.59 Å². The molecule has 2 rings (SSSR count). The lowest BCUT2D eigenvalue weighted by molar-refractivity contribution is -0.146. The van der Waals surface area contributed by atoms with Gasteiger partial charge in [0.15, 0.2) is 0 Å². The van der Waals surface area contributed by atoms with Crippen LogP contribution in [0.3, 0.4) is 0 Å². The number of nitrogens with one attached hydrogen (secondary N) is 1. The molecule has 0 heterocycles. The lowest BCUT2D eigenvalue weighted by Crippen LogP contribution is -2.42. The Labute approximate surface area is 141 Å². The molecule has 0 saturated carbocycles. The number of halogens is 1. The molecule has 2 aromatic rings. The van der Waals surface area contributed by atoms with Gasteiger partial charge in [-0.2, -0.15) is 0 Å². The Kier molecular flexibility index (Phi) is 6.18. The van der Waals surface area contributed by atoms with E-state index >= 15 is 0 Å². The summed E-state index contributed by atoms with van der Waals surface area (Å²) >= 11 is 5.81. The van der Waals surface area contributed by atoms with Crippen LogP contribution in [0, 0.1) is 0 Å². The molecule has 120 valence electrons. The molecule has 2 amide bonds. The third-order valence-corrected chi connectivity index (χ3v) is 3.70. The maximum absolute atomic E-state index is 12.2. The second kappa shape index (κ2) is 8.34. The number of rotatable bonds is 5. The summed E-state index contributed by atoms with van der Waals surface area (Å²) in [5.74, 6) is -1.12. The van der Waals surface area contributed by atoms with Crippen LogP contribution in [-0.4, -0.2) is 23.3 Å². The van der Waals surface area contributed by atoms with E-state index in [1.807, 2.05) is 49.4 Å². The summed E-state index contributed by atoms with van der Waals surface area (Å²) in [6.07, 6.45) is 0. The molecule has 0 aliphatic carbocycles. The average molecular weight is 331 g/mol. The minimum atomic E-state index is -0.599. The first-order chi connectivity index (χ1) is 11.1. The van der Waals surface area contributed by atoms with Gasteiger partial charge in [0.1, 0.15) is 0 Å². The van der Waals surface area contributed by atoms with Crippen molar-refractivity contribution in [1.82, 2.24) is 10.2 Å². The van der Waals surface area contributed by atoms with Crippen molar-refractivity contribution in [3.8, 4) is 0 Å². The standard InChI is InChI=1S/C18H19ClN2O2/c1-2-21(13-15-6-4-3-5-7-15)18(23)17(22)20-12-14-8-10-16(19)11-9-14/h3-11H,2,12-13H2,1H3,(H,20,22). The number of nitrogens with zero attached hydrogens (tertiary/aromatic N) is 1. The minimum absolute atomic E-state index is 0.296. The third kappa shape index (κ3) is 5.11. The quantitative estimate of drug-likeness (QED) is 0.857. The van der Waals surface area contributed by atoms with Crippen LogP contribution in [0.15, 0.2) is 54.6 Å². The molecule has 4 nitrogen and oxygen atoms in total. The molecule has 0 atom stereocenters. The van der Waals surface area contributed by atoms with Crippen LogP contribution in [-0.2, 0) is 22.7 Å². The molecule has 0 fully saturated rings. The van der Waals surface area contributed by atoms with Crippen molar-refractivity contribution in [3.05, 3.63) is 70.7 Å². The van der Waals surface area contributed by atoms with Gasteiger partial charge < -0.3 is 10.2 Å². The molecule has 0 radical (unpaired) electrons. The summed E-state index contributed by atoms with van der Waals surface area (Å²) < 4.78 is 0. The first-order valence-corrected chi connectivity index (χ1v) is 7.83. The first kappa shape index (κ1) is 17.0. The van der Waals surface area contributed by atoms with E-state index < -0.39 is 11.8 Å². The molecule has 0 saturated heterocycles. The van der Waals surface area contributed by atoms with Gasteiger partial charge in [0.2, 0.25) is 0 Å². The summed E-state index contributed by atoms with van der Waals surface area (Å²) in [5, 5.41) is 3.28. The lowest BCUT2D eigenvalue weighted by Gasteiger charge is -2.20. The van der Waals surface area contributed by atoms with Crippen molar-refractivity contribution in [1.29, 1.82) is 0 Å². The van der Waals surface area contributed by atoms with Gasteiger partial charge in [-0.1, -0.05) is 54.1 Å². The Morgan fingerprint density at radius 2 is 1.65 bits per heavy atom. The summed E-state index contributed by atoms with van der Waals surface area (Å²) in [6, 6.07) is 16.7. The van der Waals surface area contributed by atoms with Crippen LogP contribution >= 0.6 is 11.6 Å². The molecule has 0 bridgehead atoms. The van der Waals surface area contributed by atoms with Crippen molar-refractivity contribution in [2.75, 3.05) is 6.54 Å². The van der Waals surface area contributed by atoms with Crippen LogP contribution in [0.2, 0.25) is 5.02 Å². The van der Waals surface area contributed by atoms with Gasteiger partial charge >= 0.3 is 11.8 Å². The number of hydrogen-bond donors (Lipinski definition) is 1. The highest BCUT2D eigenvalue weighted by Gasteiger charge is 2.20. The highest BCUT2D eigenvalue weighted by Crippen LogP contribution is 2.09. The molecular formula is C18H19ClN2O2. The summed E-state index contributed by atoms with van der Waals surface area (Å²) in [4.78, 5) is 25.8. The average Bonchev–Trinajstić information content (AvgIpc) is 2.59. The Bertz CT molecular complexity index is 656. The molecule has 23 heavy (non-hydrogen) atoms. The van der Waals surface area contributed by atoms with Gasteiger partial charge in [0, 0.05) is 24.7 Å². The predicted octanol–water partition coefficient (Wildman–Crippen LogP) is 3.00. The van der Waals surface area contributed by atoms with E-state index in [0.29, 0.717) is 24.7 Å². The Morgan fingerprint density at radius 1 is 1.00 bits per heavy atom. The number of carbonyl (C=O) groups is 2. The topological polar surface area (TPSA) is 49.4 Å². The van der Waals surface area contributed by atoms with Crippen LogP contribution in [0.25, 0.3) is 0 Å². The summed E-state index contributed by atoms with van der Waals surface area (Å²) in [7, 11) is 0. The van der Waals surface area contributed by atoms with Crippen molar-refractivity contribution in [3.63, 3.8) is 0 Å². The van der Waals surface area contributed by atoms with Crippen LogP contribution < -0.4 is 5.32 Å². The van der Waals surface area contributed by atoms with Crippen LogP contribution in [0.1, 0.15) is 18.1 Å². The first-order valence-electron chi connectivity index (χ1n) is 7.45. The molecule has 2 aromatic carbocycles. The van der Waals surface area contributed by atoms with E-state index in [1.165, 1.54) is 4.90 Å². The second-order valence-corrected chi connectivity index (χ2v) is 5.55. The van der Waals surface area contributed by atoms with Crippen LogP contribution in [0.5, 0.6) is 0 Å². The fourth-order valence-electron chi connectivity index (χ4n) is 2.13. The number of benzene rings is 2. The fourth-order valence-corrected chi connectivity index (χ4v) is 2.26. The number of carbonyl (C=O) groups excluding carboxylic acids is 2. The molecule has 0 aliphatic heterocycles. The molecular weight excluding hydrogens is 312 g/mol. The van der Waals surface area contributed by atoms with E-state index in [4.69, 9.17) is 11.6 Å². The monoisotopic (exact) mass is 330 g/mol. The van der Waals surface area contributed by atoms with Gasteiger partial charge in [-0.15, -0.1) is 0 Å². The van der Waals surface area contributed by atoms with Crippen molar-refractivity contribution >= 4 is 23.4 Å². The largest absolute Gasteiger partial charge is 0.344 e. The van der Waals surface area contributed by atoms with Gasteiger partial charge in [0.25, 0.3) is 0 Å². The van der Waals surface area contributed by atoms with Gasteiger partial charge in [-0.05, 0) is 30.2 Å². The fraction of sp³-hybridized carbons (Fsp3) is 0.222. The minimum Gasteiger partial charge on any atom is -0.344 e. The SMILES string of the molecule is CCN(Cc1ccccc1)C(=O)C(=O)NCc1ccc(Cl)cc1. The molecule has 5 heteroatoms. The van der Waals surface area contributed by atoms with Gasteiger partial charge in [0.05, 0.1) is 0 Å². The number of likely N-dealkylation sites (N-methyl/N-ethyl adjacent to an activating group) is 1. The predicted molar refractivity (Wildman–Crippen MR) is 90.8 cm³/mol. The zero-order valence-corrected chi connectivity index (χ0v) is 13.7. The molecule has 0 aliphatic rings. The second-order valence-electron chi connectivity index (χ2n) is 5.11. The lowest BCUT2D eigenvalue weighted by atomic mass is 10.2. The van der Waals surface area contributed by atoms with Gasteiger partial charge in [-0.25, -0.2) is 0 Å². The molecule has 0 unspecified atom stereocenters. The van der Waals surface area contributed by atoms with Crippen molar-refractivity contribution in [2.24, 2.45) is 0 Å². The molecule has 0 aromatic heterocycles. The Balaban J connectivity index is 1.91. The number of hydrogen-bond acceptors (Lipinski definition) is 2. The van der Waals surface area contributed by atoms with E-state index in [0.717, 1.165) is 11.1 Å². The van der Waals surface area contributed by atoms with Gasteiger partial charge in [-0.3, -0.25) is 9.59 Å². The zero-order valence-electron chi connectivity index (χ0n) is 13.0. The van der Waals surface area contributed by atoms with Crippen LogP contribution in [0.4, 0.5) is 0 Å². The summed E-state index contributed by atoms with van der Waals surface area (Å²) in [6.45, 7) is 3.05. The highest BCUT2D eigenvalue weighted by molar-refractivity contribution is 6.34. The third-order valence-electron chi connectivity index (χ3n) is 3.45. The Morgan fingerprint density at radius 3 is 2.26 bits per heavy atom. The highest BCUT2D eigenvalue weighted by atomic mass is 35.5. The van der Waals surface area contributed by atoms with Crippen molar-refractivity contribution < 1.29 is 9.59 Å². The maximum atomic E-state index is 12.2. The van der Waals surface area contributed by atoms with E-state index in [1.54, 1.807) is 12.1 Å². The van der Waals surface area contributed by atoms with Crippen molar-refractivity contribution in [2.45, 2.75) is 20.0 Å². The van der Waals surface area contributed by atoms with E-state index in [2.05, 4.69) is 5.32 Å². The molecule has 1 N–H and O–H groups in total. The molecule has 0 spiro atoms. The smallest absolute Gasteiger partial charge is 0.312 e. The zero-order chi connectivity index (χ0) is 16.7. The Hall–Kier alpha value is -2.33. The number of amides is 2. The maximum Gasteiger partial charge on any atom is 0.312 e. The normalized spacial score (nSPS) is 10.2. The van der Waals surface area contributed by atoms with E-state index in [-0.39, 0.29) is 0 Å².